The van der Waals surface area contributed by atoms with Gasteiger partial charge < -0.3 is 15.2 Å². The van der Waals surface area contributed by atoms with Gasteiger partial charge in [-0.2, -0.15) is 0 Å². The Labute approximate surface area is 231 Å². The Hall–Kier alpha value is -3.58. The first kappa shape index (κ1) is 28.0. The van der Waals surface area contributed by atoms with E-state index in [4.69, 9.17) is 4.74 Å². The number of ether oxygens (including phenoxy) is 1. The van der Waals surface area contributed by atoms with Gasteiger partial charge in [-0.3, -0.25) is 21.1 Å². The van der Waals surface area contributed by atoms with Gasteiger partial charge in [-0.15, -0.1) is 5.10 Å². The first-order chi connectivity index (χ1) is 19.1. The number of nitrogens with one attached hydrogen (secondary N) is 4. The Bertz CT molecular complexity index is 1340. The molecule has 0 unspecified atom stereocenters. The van der Waals surface area contributed by atoms with E-state index in [0.717, 1.165) is 19.2 Å². The number of anilines is 1. The number of benzene rings is 2. The molecule has 0 bridgehead atoms. The van der Waals surface area contributed by atoms with E-state index < -0.39 is 23.3 Å². The molecule has 1 aromatic heterocycles. The summed E-state index contributed by atoms with van der Waals surface area (Å²) in [6.45, 7) is 7.68. The molecular formula is C28H35F2N7O3. The van der Waals surface area contributed by atoms with E-state index in [1.54, 1.807) is 31.5 Å². The van der Waals surface area contributed by atoms with Crippen LogP contribution in [-0.2, 0) is 0 Å². The van der Waals surface area contributed by atoms with Crippen molar-refractivity contribution < 1.29 is 23.4 Å². The van der Waals surface area contributed by atoms with Crippen LogP contribution in [0.1, 0.15) is 30.9 Å². The predicted molar refractivity (Wildman–Crippen MR) is 147 cm³/mol. The van der Waals surface area contributed by atoms with Crippen LogP contribution in [0.5, 0.6) is 5.88 Å². The molecule has 0 spiro atoms. The Morgan fingerprint density at radius 1 is 1.12 bits per heavy atom. The van der Waals surface area contributed by atoms with Crippen LogP contribution in [0.2, 0.25) is 0 Å². The van der Waals surface area contributed by atoms with Crippen LogP contribution >= 0.6 is 0 Å². The highest BCUT2D eigenvalue weighted by atomic mass is 19.2. The molecule has 2 fully saturated rings. The summed E-state index contributed by atoms with van der Waals surface area (Å²) in [7, 11) is 0. The first-order valence-corrected chi connectivity index (χ1v) is 13.3. The molecule has 0 saturated carbocycles. The molecule has 2 saturated heterocycles. The predicted octanol–water partition coefficient (Wildman–Crippen LogP) is 2.67. The number of amides is 2. The van der Waals surface area contributed by atoms with E-state index in [-0.39, 0.29) is 30.5 Å². The monoisotopic (exact) mass is 555 g/mol. The molecule has 10 nitrogen and oxygen atoms in total. The number of hydrogen-bond donors (Lipinski definition) is 5. The second-order valence-electron chi connectivity index (χ2n) is 11.0. The maximum Gasteiger partial charge on any atom is 0.320 e. The lowest BCUT2D eigenvalue weighted by Gasteiger charge is -2.22. The summed E-state index contributed by atoms with van der Waals surface area (Å²) in [6, 6.07) is 12.6. The SMILES string of the molecule is Cc1c(OCC(C)(C)O)nn(-c2ccccc2)c1NC(=O)N[C@@H]1CN(C2CNNC2)C[C@H]1c1ccc(F)c(F)c1. The lowest BCUT2D eigenvalue weighted by molar-refractivity contribution is 0.0265. The quantitative estimate of drug-likeness (QED) is 0.290. The number of halogens is 2. The molecule has 12 heteroatoms. The van der Waals surface area contributed by atoms with Crippen molar-refractivity contribution in [2.45, 2.75) is 44.4 Å². The molecule has 5 rings (SSSR count). The number of carbonyl (C=O) groups is 1. The summed E-state index contributed by atoms with van der Waals surface area (Å²) in [5, 5.41) is 20.7. The number of aliphatic hydroxyl groups is 1. The van der Waals surface area contributed by atoms with Crippen molar-refractivity contribution in [1.29, 1.82) is 0 Å². The van der Waals surface area contributed by atoms with Gasteiger partial charge in [-0.1, -0.05) is 24.3 Å². The van der Waals surface area contributed by atoms with Gasteiger partial charge in [0, 0.05) is 38.1 Å². The number of nitrogens with zero attached hydrogens (tertiary/aromatic N) is 3. The van der Waals surface area contributed by atoms with Gasteiger partial charge in [0.25, 0.3) is 0 Å². The lowest BCUT2D eigenvalue weighted by Crippen LogP contribution is -2.44. The van der Waals surface area contributed by atoms with Gasteiger partial charge >= 0.3 is 6.03 Å². The summed E-state index contributed by atoms with van der Waals surface area (Å²) in [4.78, 5) is 15.7. The number of para-hydroxylation sites is 1. The number of carbonyl (C=O) groups excluding carboxylic acids is 1. The minimum Gasteiger partial charge on any atom is -0.473 e. The fourth-order valence-corrected chi connectivity index (χ4v) is 5.14. The third-order valence-electron chi connectivity index (χ3n) is 7.23. The standard InChI is InChI=1S/C28H35F2N7O3/c1-17-25(37(19-7-5-4-6-8-19)35-26(17)40-16-28(2,3)39)34-27(38)33-24-15-36(20-12-31-32-13-20)14-21(24)18-9-10-22(29)23(30)11-18/h4-11,20-21,24,31-32,39H,12-16H2,1-3H3,(H2,33,34,38)/t21-,24+/m0/s1. The van der Waals surface area contributed by atoms with E-state index in [1.807, 2.05) is 30.3 Å². The Morgan fingerprint density at radius 3 is 2.52 bits per heavy atom. The average molecular weight is 556 g/mol. The fraction of sp³-hybridized carbons (Fsp3) is 0.429. The molecule has 0 radical (unpaired) electrons. The third kappa shape index (κ3) is 6.25. The summed E-state index contributed by atoms with van der Waals surface area (Å²) in [6.07, 6.45) is 0. The minimum absolute atomic E-state index is 0.0178. The number of hydrazine groups is 1. The average Bonchev–Trinajstić information content (AvgIpc) is 3.65. The van der Waals surface area contributed by atoms with Crippen LogP contribution in [0, 0.1) is 18.6 Å². The van der Waals surface area contributed by atoms with Crippen LogP contribution < -0.4 is 26.2 Å². The fourth-order valence-electron chi connectivity index (χ4n) is 5.14. The van der Waals surface area contributed by atoms with Crippen LogP contribution in [0.25, 0.3) is 5.69 Å². The first-order valence-electron chi connectivity index (χ1n) is 13.3. The zero-order valence-electron chi connectivity index (χ0n) is 22.7. The smallest absolute Gasteiger partial charge is 0.320 e. The van der Waals surface area contributed by atoms with E-state index >= 15 is 0 Å². The summed E-state index contributed by atoms with van der Waals surface area (Å²) < 4.78 is 35.2. The van der Waals surface area contributed by atoms with Crippen LogP contribution in [0.3, 0.4) is 0 Å². The number of likely N-dealkylation sites (tertiary alicyclic amines) is 1. The van der Waals surface area contributed by atoms with Gasteiger partial charge in [0.2, 0.25) is 5.88 Å². The summed E-state index contributed by atoms with van der Waals surface area (Å²) >= 11 is 0. The van der Waals surface area contributed by atoms with Crippen molar-refractivity contribution in [1.82, 2.24) is 30.8 Å². The molecule has 3 aromatic rings. The molecule has 214 valence electrons. The largest absolute Gasteiger partial charge is 0.473 e. The molecule has 2 aliphatic rings. The van der Waals surface area contributed by atoms with Gasteiger partial charge in [0.15, 0.2) is 11.6 Å². The van der Waals surface area contributed by atoms with E-state index in [9.17, 15) is 18.7 Å². The zero-order valence-corrected chi connectivity index (χ0v) is 22.7. The maximum absolute atomic E-state index is 14.2. The molecule has 2 aliphatic heterocycles. The van der Waals surface area contributed by atoms with Crippen molar-refractivity contribution in [3.05, 3.63) is 71.3 Å². The van der Waals surface area contributed by atoms with E-state index in [0.29, 0.717) is 35.7 Å². The summed E-state index contributed by atoms with van der Waals surface area (Å²) in [5.74, 6) is -1.36. The number of urea groups is 1. The third-order valence-corrected chi connectivity index (χ3v) is 7.23. The van der Waals surface area contributed by atoms with Crippen molar-refractivity contribution in [3.63, 3.8) is 0 Å². The Morgan fingerprint density at radius 2 is 1.85 bits per heavy atom. The molecule has 0 aliphatic carbocycles. The molecule has 3 heterocycles. The molecule has 40 heavy (non-hydrogen) atoms. The number of hydrogen-bond acceptors (Lipinski definition) is 7. The molecule has 2 aromatic carbocycles. The van der Waals surface area contributed by atoms with Gasteiger partial charge in [0.1, 0.15) is 12.4 Å². The molecule has 5 N–H and O–H groups in total. The topological polar surface area (TPSA) is 116 Å². The van der Waals surface area contributed by atoms with Crippen LogP contribution in [-0.4, -0.2) is 76.3 Å². The Balaban J connectivity index is 1.39. The Kier molecular flexibility index (Phi) is 8.04. The normalized spacial score (nSPS) is 20.1. The highest BCUT2D eigenvalue weighted by Crippen LogP contribution is 2.32. The molecule has 2 atom stereocenters. The summed E-state index contributed by atoms with van der Waals surface area (Å²) in [5.41, 5.74) is 7.11. The van der Waals surface area contributed by atoms with Crippen molar-refractivity contribution in [2.75, 3.05) is 38.1 Å². The van der Waals surface area contributed by atoms with E-state index in [2.05, 4.69) is 31.5 Å². The van der Waals surface area contributed by atoms with Gasteiger partial charge in [-0.05, 0) is 50.6 Å². The highest BCUT2D eigenvalue weighted by Gasteiger charge is 2.39. The maximum atomic E-state index is 14.2. The second kappa shape index (κ2) is 11.5. The number of rotatable bonds is 8. The second-order valence-corrected chi connectivity index (χ2v) is 11.0. The number of aromatic nitrogens is 2. The lowest BCUT2D eigenvalue weighted by atomic mass is 9.94. The van der Waals surface area contributed by atoms with Gasteiger partial charge in [0.05, 0.1) is 22.9 Å². The zero-order chi connectivity index (χ0) is 28.4. The van der Waals surface area contributed by atoms with Crippen molar-refractivity contribution in [2.24, 2.45) is 0 Å². The highest BCUT2D eigenvalue weighted by molar-refractivity contribution is 5.90. The minimum atomic E-state index is -1.07. The van der Waals surface area contributed by atoms with E-state index in [1.165, 1.54) is 6.07 Å². The molecule has 2 amide bonds. The van der Waals surface area contributed by atoms with Gasteiger partial charge in [-0.25, -0.2) is 18.3 Å². The molecular weight excluding hydrogens is 520 g/mol. The van der Waals surface area contributed by atoms with Crippen LogP contribution in [0.15, 0.2) is 48.5 Å². The van der Waals surface area contributed by atoms with Crippen molar-refractivity contribution >= 4 is 11.8 Å². The van der Waals surface area contributed by atoms with Crippen molar-refractivity contribution in [3.8, 4) is 11.6 Å². The van der Waals surface area contributed by atoms with Crippen LogP contribution in [0.4, 0.5) is 19.4 Å².